The van der Waals surface area contributed by atoms with E-state index >= 15 is 0 Å². The molecule has 114 valence electrons. The maximum atomic E-state index is 14.3. The maximum Gasteiger partial charge on any atom is 0.340 e. The molecule has 0 saturated carbocycles. The molecule has 3 rings (SSSR count). The Morgan fingerprint density at radius 2 is 2.29 bits per heavy atom. The molecule has 1 fully saturated rings. The minimum Gasteiger partial charge on any atom is -0.393 e. The Kier molecular flexibility index (Phi) is 3.69. The van der Waals surface area contributed by atoms with Gasteiger partial charge in [0.05, 0.1) is 12.3 Å². The van der Waals surface area contributed by atoms with Crippen LogP contribution in [-0.4, -0.2) is 41.9 Å². The Labute approximate surface area is 122 Å². The minimum atomic E-state index is -0.518. The van der Waals surface area contributed by atoms with E-state index in [1.54, 1.807) is 6.07 Å². The molecule has 0 bridgehead atoms. The lowest BCUT2D eigenvalue weighted by molar-refractivity contribution is 0.156. The SMILES string of the molecule is CCN1C(=O)N(c2cc3c(cc2F)NCCC3)NC1CO. The minimum absolute atomic E-state index is 0.205. The summed E-state index contributed by atoms with van der Waals surface area (Å²) in [7, 11) is 0. The van der Waals surface area contributed by atoms with Crippen molar-refractivity contribution in [2.45, 2.75) is 25.9 Å². The molecule has 2 aliphatic heterocycles. The van der Waals surface area contributed by atoms with E-state index < -0.39 is 12.0 Å². The fourth-order valence-electron chi connectivity index (χ4n) is 2.85. The number of rotatable bonds is 3. The van der Waals surface area contributed by atoms with Gasteiger partial charge in [0.1, 0.15) is 6.17 Å². The van der Waals surface area contributed by atoms with Gasteiger partial charge in [0.25, 0.3) is 0 Å². The van der Waals surface area contributed by atoms with Crippen LogP contribution in [0.15, 0.2) is 12.1 Å². The number of nitrogens with one attached hydrogen (secondary N) is 2. The molecule has 3 N–H and O–H groups in total. The molecule has 21 heavy (non-hydrogen) atoms. The molecule has 2 amide bonds. The van der Waals surface area contributed by atoms with Gasteiger partial charge >= 0.3 is 6.03 Å². The monoisotopic (exact) mass is 294 g/mol. The fraction of sp³-hybridized carbons (Fsp3) is 0.500. The molecule has 1 atom stereocenters. The predicted molar refractivity (Wildman–Crippen MR) is 77.5 cm³/mol. The summed E-state index contributed by atoms with van der Waals surface area (Å²) in [5.41, 5.74) is 4.85. The number of hydrogen-bond donors (Lipinski definition) is 3. The third-order valence-corrected chi connectivity index (χ3v) is 3.96. The zero-order valence-electron chi connectivity index (χ0n) is 11.9. The van der Waals surface area contributed by atoms with Gasteiger partial charge in [-0.3, -0.25) is 0 Å². The van der Waals surface area contributed by atoms with Crippen LogP contribution in [0.1, 0.15) is 18.9 Å². The van der Waals surface area contributed by atoms with Crippen LogP contribution in [0.4, 0.5) is 20.6 Å². The van der Waals surface area contributed by atoms with Gasteiger partial charge in [0, 0.05) is 18.8 Å². The number of fused-ring (bicyclic) bond motifs is 1. The van der Waals surface area contributed by atoms with Crippen molar-refractivity contribution in [2.75, 3.05) is 30.0 Å². The number of benzene rings is 1. The first-order valence-corrected chi connectivity index (χ1v) is 7.19. The first-order chi connectivity index (χ1) is 10.2. The Hall–Kier alpha value is -1.86. The average molecular weight is 294 g/mol. The quantitative estimate of drug-likeness (QED) is 0.785. The van der Waals surface area contributed by atoms with E-state index in [4.69, 9.17) is 0 Å². The third-order valence-electron chi connectivity index (χ3n) is 3.96. The molecule has 0 aliphatic carbocycles. The number of aliphatic hydroxyl groups is 1. The lowest BCUT2D eigenvalue weighted by Crippen LogP contribution is -2.41. The topological polar surface area (TPSA) is 67.8 Å². The zero-order chi connectivity index (χ0) is 15.0. The number of nitrogens with zero attached hydrogens (tertiary/aromatic N) is 2. The number of anilines is 2. The van der Waals surface area contributed by atoms with Crippen molar-refractivity contribution in [2.24, 2.45) is 0 Å². The van der Waals surface area contributed by atoms with Crippen molar-refractivity contribution < 1.29 is 14.3 Å². The van der Waals surface area contributed by atoms with Crippen LogP contribution in [0.3, 0.4) is 0 Å². The normalized spacial score (nSPS) is 21.5. The lowest BCUT2D eigenvalue weighted by atomic mass is 10.0. The molecule has 1 saturated heterocycles. The molecule has 0 aromatic heterocycles. The van der Waals surface area contributed by atoms with E-state index in [0.717, 1.165) is 30.6 Å². The Morgan fingerprint density at radius 1 is 1.48 bits per heavy atom. The van der Waals surface area contributed by atoms with Gasteiger partial charge in [0.15, 0.2) is 5.82 Å². The first kappa shape index (κ1) is 14.1. The van der Waals surface area contributed by atoms with Crippen molar-refractivity contribution >= 4 is 17.4 Å². The number of hydrazine groups is 1. The number of urea groups is 1. The summed E-state index contributed by atoms with van der Waals surface area (Å²) >= 11 is 0. The van der Waals surface area contributed by atoms with Crippen molar-refractivity contribution in [1.29, 1.82) is 0 Å². The molecule has 7 heteroatoms. The number of carbonyl (C=O) groups is 1. The number of carbonyl (C=O) groups excluding carboxylic acids is 1. The number of hydrogen-bond acceptors (Lipinski definition) is 4. The predicted octanol–water partition coefficient (Wildman–Crippen LogP) is 1.27. The van der Waals surface area contributed by atoms with Gasteiger partial charge in [-0.25, -0.2) is 19.6 Å². The molecular weight excluding hydrogens is 275 g/mol. The second kappa shape index (κ2) is 5.50. The number of aryl methyl sites for hydroxylation is 1. The van der Waals surface area contributed by atoms with Gasteiger partial charge in [-0.15, -0.1) is 0 Å². The van der Waals surface area contributed by atoms with Crippen LogP contribution < -0.4 is 15.8 Å². The van der Waals surface area contributed by atoms with Crippen molar-refractivity contribution in [3.8, 4) is 0 Å². The standard InChI is InChI=1S/C14H19FN4O2/c1-2-18-13(8-20)17-19(14(18)21)12-6-9-4-3-5-16-11(9)7-10(12)15/h6-7,13,16-17,20H,2-5,8H2,1H3. The molecule has 0 spiro atoms. The molecule has 1 unspecified atom stereocenters. The van der Waals surface area contributed by atoms with Crippen LogP contribution in [0.25, 0.3) is 0 Å². The van der Waals surface area contributed by atoms with Crippen LogP contribution in [-0.2, 0) is 6.42 Å². The van der Waals surface area contributed by atoms with E-state index in [1.807, 2.05) is 6.92 Å². The van der Waals surface area contributed by atoms with E-state index in [9.17, 15) is 14.3 Å². The van der Waals surface area contributed by atoms with Gasteiger partial charge in [-0.2, -0.15) is 0 Å². The largest absolute Gasteiger partial charge is 0.393 e. The third kappa shape index (κ3) is 2.32. The summed E-state index contributed by atoms with van der Waals surface area (Å²) in [6.45, 7) is 2.88. The van der Waals surface area contributed by atoms with E-state index in [-0.39, 0.29) is 18.3 Å². The highest BCUT2D eigenvalue weighted by atomic mass is 19.1. The van der Waals surface area contributed by atoms with Crippen LogP contribution >= 0.6 is 0 Å². The lowest BCUT2D eigenvalue weighted by Gasteiger charge is -2.22. The number of aliphatic hydroxyl groups excluding tert-OH is 1. The number of likely N-dealkylation sites (N-methyl/N-ethyl adjacent to an activating group) is 1. The Bertz CT molecular complexity index is 566. The molecular formula is C14H19FN4O2. The van der Waals surface area contributed by atoms with E-state index in [2.05, 4.69) is 10.7 Å². The van der Waals surface area contributed by atoms with Gasteiger partial charge in [0.2, 0.25) is 0 Å². The highest BCUT2D eigenvalue weighted by molar-refractivity contribution is 5.93. The molecule has 2 aliphatic rings. The number of amides is 2. The Balaban J connectivity index is 1.95. The maximum absolute atomic E-state index is 14.3. The highest BCUT2D eigenvalue weighted by Gasteiger charge is 2.37. The van der Waals surface area contributed by atoms with Crippen molar-refractivity contribution in [3.05, 3.63) is 23.5 Å². The second-order valence-electron chi connectivity index (χ2n) is 5.22. The molecule has 6 nitrogen and oxygen atoms in total. The van der Waals surface area contributed by atoms with Gasteiger partial charge in [-0.1, -0.05) is 0 Å². The first-order valence-electron chi connectivity index (χ1n) is 7.19. The fourth-order valence-corrected chi connectivity index (χ4v) is 2.85. The smallest absolute Gasteiger partial charge is 0.340 e. The summed E-state index contributed by atoms with van der Waals surface area (Å²) in [4.78, 5) is 13.8. The van der Waals surface area contributed by atoms with E-state index in [1.165, 1.54) is 16.0 Å². The highest BCUT2D eigenvalue weighted by Crippen LogP contribution is 2.31. The van der Waals surface area contributed by atoms with Crippen molar-refractivity contribution in [1.82, 2.24) is 10.3 Å². The molecule has 0 radical (unpaired) electrons. The van der Waals surface area contributed by atoms with E-state index in [0.29, 0.717) is 6.54 Å². The molecule has 2 heterocycles. The van der Waals surface area contributed by atoms with Crippen molar-refractivity contribution in [3.63, 3.8) is 0 Å². The zero-order valence-corrected chi connectivity index (χ0v) is 11.9. The molecule has 1 aromatic rings. The van der Waals surface area contributed by atoms with Gasteiger partial charge < -0.3 is 15.3 Å². The van der Waals surface area contributed by atoms with Crippen LogP contribution in [0.5, 0.6) is 0 Å². The summed E-state index contributed by atoms with van der Waals surface area (Å²) in [5.74, 6) is -0.460. The second-order valence-corrected chi connectivity index (χ2v) is 5.22. The number of halogens is 1. The summed E-state index contributed by atoms with van der Waals surface area (Å²) < 4.78 is 14.3. The van der Waals surface area contributed by atoms with Crippen LogP contribution in [0.2, 0.25) is 0 Å². The Morgan fingerprint density at radius 3 is 2.95 bits per heavy atom. The summed E-state index contributed by atoms with van der Waals surface area (Å²) in [6, 6.07) is 2.79. The van der Waals surface area contributed by atoms with Gasteiger partial charge in [-0.05, 0) is 37.5 Å². The summed E-state index contributed by atoms with van der Waals surface area (Å²) in [6.07, 6.45) is 1.33. The van der Waals surface area contributed by atoms with Crippen LogP contribution in [0, 0.1) is 5.82 Å². The average Bonchev–Trinajstić information content (AvgIpc) is 2.82. The molecule has 1 aromatic carbocycles. The summed E-state index contributed by atoms with van der Waals surface area (Å²) in [5, 5.41) is 13.7.